The summed E-state index contributed by atoms with van der Waals surface area (Å²) in [5, 5.41) is 4.18. The molecule has 1 aliphatic carbocycles. The minimum Gasteiger partial charge on any atom is -0.249 e. The monoisotopic (exact) mass is 303 g/mol. The Morgan fingerprint density at radius 1 is 1.26 bits per heavy atom. The second-order valence-electron chi connectivity index (χ2n) is 5.14. The van der Waals surface area contributed by atoms with Crippen molar-refractivity contribution in [3.63, 3.8) is 0 Å². The van der Waals surface area contributed by atoms with E-state index in [1.165, 1.54) is 16.9 Å². The van der Waals surface area contributed by atoms with E-state index in [1.807, 2.05) is 0 Å². The number of hydrogen-bond acceptors (Lipinski definition) is 4. The maximum absolute atomic E-state index is 12.3. The minimum atomic E-state index is -3.86. The molecule has 1 aliphatic heterocycles. The molecule has 2 fully saturated rings. The SMILES string of the molecule is O=S(=O)(N=S1(=O)CCCC1)c1ccnn1C1CCC1. The van der Waals surface area contributed by atoms with Gasteiger partial charge in [0.15, 0.2) is 5.03 Å². The molecular weight excluding hydrogens is 286 g/mol. The van der Waals surface area contributed by atoms with Crippen molar-refractivity contribution >= 4 is 19.8 Å². The van der Waals surface area contributed by atoms with Crippen LogP contribution >= 0.6 is 0 Å². The van der Waals surface area contributed by atoms with Crippen LogP contribution < -0.4 is 0 Å². The lowest BCUT2D eigenvalue weighted by Gasteiger charge is -2.26. The van der Waals surface area contributed by atoms with Crippen LogP contribution in [0.3, 0.4) is 0 Å². The Morgan fingerprint density at radius 3 is 2.53 bits per heavy atom. The van der Waals surface area contributed by atoms with Crippen molar-refractivity contribution in [3.05, 3.63) is 12.3 Å². The van der Waals surface area contributed by atoms with Gasteiger partial charge in [-0.3, -0.25) is 0 Å². The molecule has 0 atom stereocenters. The Morgan fingerprint density at radius 2 is 1.95 bits per heavy atom. The summed E-state index contributed by atoms with van der Waals surface area (Å²) in [5.41, 5.74) is 0. The molecule has 6 nitrogen and oxygen atoms in total. The van der Waals surface area contributed by atoms with Gasteiger partial charge in [-0.1, -0.05) is 0 Å². The molecule has 0 unspecified atom stereocenters. The fourth-order valence-electron chi connectivity index (χ4n) is 2.46. The molecule has 8 heteroatoms. The van der Waals surface area contributed by atoms with E-state index in [9.17, 15) is 12.6 Å². The van der Waals surface area contributed by atoms with Crippen LogP contribution in [0.15, 0.2) is 21.1 Å². The van der Waals surface area contributed by atoms with Crippen molar-refractivity contribution in [2.75, 3.05) is 11.5 Å². The van der Waals surface area contributed by atoms with Crippen LogP contribution in [0.4, 0.5) is 0 Å². The second-order valence-corrected chi connectivity index (χ2v) is 9.46. The van der Waals surface area contributed by atoms with E-state index in [4.69, 9.17) is 0 Å². The average Bonchev–Trinajstić information content (AvgIpc) is 2.84. The van der Waals surface area contributed by atoms with Crippen molar-refractivity contribution in [3.8, 4) is 0 Å². The summed E-state index contributed by atoms with van der Waals surface area (Å²) in [6.45, 7) is 0. The highest BCUT2D eigenvalue weighted by atomic mass is 32.3. The van der Waals surface area contributed by atoms with Crippen molar-refractivity contribution < 1.29 is 12.6 Å². The third kappa shape index (κ3) is 2.43. The van der Waals surface area contributed by atoms with Crippen molar-refractivity contribution in [1.82, 2.24) is 9.78 Å². The topological polar surface area (TPSA) is 81.4 Å². The van der Waals surface area contributed by atoms with Gasteiger partial charge in [-0.2, -0.15) is 13.5 Å². The summed E-state index contributed by atoms with van der Waals surface area (Å²) < 4.78 is 42.2. The van der Waals surface area contributed by atoms with Gasteiger partial charge >= 0.3 is 10.0 Å². The number of hydrogen-bond donors (Lipinski definition) is 0. The first-order valence-corrected chi connectivity index (χ1v) is 9.82. The van der Waals surface area contributed by atoms with E-state index in [0.717, 1.165) is 32.1 Å². The van der Waals surface area contributed by atoms with Gasteiger partial charge in [0.1, 0.15) is 0 Å². The number of nitrogens with zero attached hydrogens (tertiary/aromatic N) is 3. The second kappa shape index (κ2) is 4.59. The molecule has 19 heavy (non-hydrogen) atoms. The summed E-state index contributed by atoms with van der Waals surface area (Å²) in [7, 11) is -6.43. The van der Waals surface area contributed by atoms with Gasteiger partial charge in [0, 0.05) is 11.5 Å². The number of sulfonamides is 1. The fourth-order valence-corrected chi connectivity index (χ4v) is 6.97. The molecule has 0 amide bonds. The van der Waals surface area contributed by atoms with E-state index in [2.05, 4.69) is 8.87 Å². The van der Waals surface area contributed by atoms with E-state index < -0.39 is 19.8 Å². The maximum Gasteiger partial charge on any atom is 0.307 e. The molecule has 1 aromatic heterocycles. The molecule has 106 valence electrons. The summed E-state index contributed by atoms with van der Waals surface area (Å²) >= 11 is 0. The maximum atomic E-state index is 12.3. The summed E-state index contributed by atoms with van der Waals surface area (Å²) in [6, 6.07) is 1.60. The zero-order valence-electron chi connectivity index (χ0n) is 10.6. The number of rotatable bonds is 3. The third-order valence-corrected chi connectivity index (χ3v) is 8.31. The van der Waals surface area contributed by atoms with Gasteiger partial charge in [-0.25, -0.2) is 8.89 Å². The molecular formula is C11H17N3O3S2. The van der Waals surface area contributed by atoms with E-state index in [0.29, 0.717) is 11.5 Å². The molecule has 0 aromatic carbocycles. The third-order valence-electron chi connectivity index (χ3n) is 3.73. The quantitative estimate of drug-likeness (QED) is 0.848. The molecule has 3 rings (SSSR count). The zero-order chi connectivity index (χ0) is 13.5. The van der Waals surface area contributed by atoms with Crippen molar-refractivity contribution in [2.24, 2.45) is 3.77 Å². The van der Waals surface area contributed by atoms with E-state index >= 15 is 0 Å². The standard InChI is InChI=1S/C11H17N3O3S2/c15-18(8-1-2-9-18)13-19(16,17)11-6-7-12-14(11)10-4-3-5-10/h6-7,10H,1-5,8-9H2. The lowest BCUT2D eigenvalue weighted by atomic mass is 9.93. The van der Waals surface area contributed by atoms with Crippen molar-refractivity contribution in [2.45, 2.75) is 43.2 Å². The van der Waals surface area contributed by atoms with Crippen LogP contribution in [0.25, 0.3) is 0 Å². The molecule has 0 bridgehead atoms. The molecule has 1 aromatic rings. The van der Waals surface area contributed by atoms with Crippen molar-refractivity contribution in [1.29, 1.82) is 0 Å². The van der Waals surface area contributed by atoms with Crippen LogP contribution in [0, 0.1) is 0 Å². The van der Waals surface area contributed by atoms with Crippen LogP contribution in [-0.2, 0) is 19.8 Å². The Labute approximate surface area is 113 Å². The van der Waals surface area contributed by atoms with Gasteiger partial charge in [0.05, 0.1) is 22.0 Å². The predicted molar refractivity (Wildman–Crippen MR) is 71.8 cm³/mol. The Bertz CT molecular complexity index is 683. The van der Waals surface area contributed by atoms with Crippen LogP contribution in [-0.4, -0.2) is 33.9 Å². The highest BCUT2D eigenvalue weighted by Gasteiger charge is 2.29. The lowest BCUT2D eigenvalue weighted by molar-refractivity contribution is 0.271. The van der Waals surface area contributed by atoms with E-state index in [-0.39, 0.29) is 11.1 Å². The van der Waals surface area contributed by atoms with Gasteiger partial charge < -0.3 is 0 Å². The summed E-state index contributed by atoms with van der Waals surface area (Å²) in [5.74, 6) is 0.785. The van der Waals surface area contributed by atoms with Crippen LogP contribution in [0.2, 0.25) is 0 Å². The highest BCUT2D eigenvalue weighted by molar-refractivity contribution is 8.03. The first-order chi connectivity index (χ1) is 9.00. The average molecular weight is 303 g/mol. The molecule has 1 saturated heterocycles. The van der Waals surface area contributed by atoms with E-state index in [1.54, 1.807) is 0 Å². The largest absolute Gasteiger partial charge is 0.307 e. The van der Waals surface area contributed by atoms with Crippen LogP contribution in [0.5, 0.6) is 0 Å². The first-order valence-electron chi connectivity index (χ1n) is 6.53. The Kier molecular flexibility index (Phi) is 3.17. The molecule has 2 heterocycles. The Balaban J connectivity index is 2.01. The smallest absolute Gasteiger partial charge is 0.249 e. The minimum absolute atomic E-state index is 0.0897. The molecule has 0 spiro atoms. The van der Waals surface area contributed by atoms with Gasteiger partial charge in [0.25, 0.3) is 0 Å². The molecule has 1 saturated carbocycles. The summed E-state index contributed by atoms with van der Waals surface area (Å²) in [6.07, 6.45) is 6.04. The van der Waals surface area contributed by atoms with Gasteiger partial charge in [0.2, 0.25) is 0 Å². The van der Waals surface area contributed by atoms with Gasteiger partial charge in [-0.05, 0) is 38.2 Å². The molecule has 0 radical (unpaired) electrons. The zero-order valence-corrected chi connectivity index (χ0v) is 12.2. The predicted octanol–water partition coefficient (Wildman–Crippen LogP) is 1.56. The number of aromatic nitrogens is 2. The highest BCUT2D eigenvalue weighted by Crippen LogP contribution is 2.33. The first kappa shape index (κ1) is 13.1. The lowest BCUT2D eigenvalue weighted by Crippen LogP contribution is -2.22. The summed E-state index contributed by atoms with van der Waals surface area (Å²) in [4.78, 5) is 0. The molecule has 0 N–H and O–H groups in total. The normalized spacial score (nSPS) is 23.2. The van der Waals surface area contributed by atoms with Gasteiger partial charge in [-0.15, -0.1) is 3.77 Å². The Hall–Kier alpha value is -0.890. The van der Waals surface area contributed by atoms with Crippen LogP contribution in [0.1, 0.15) is 38.1 Å². The molecule has 2 aliphatic rings. The fraction of sp³-hybridized carbons (Fsp3) is 0.727.